The second-order valence-electron chi connectivity index (χ2n) is 9.08. The van der Waals surface area contributed by atoms with E-state index in [-0.39, 0.29) is 35.5 Å². The summed E-state index contributed by atoms with van der Waals surface area (Å²) in [6.45, 7) is 0. The fourth-order valence-electron chi connectivity index (χ4n) is 4.97. The predicted octanol–water partition coefficient (Wildman–Crippen LogP) is 5.06. The Morgan fingerprint density at radius 2 is 2.06 bits per heavy atom. The zero-order chi connectivity index (χ0) is 23.4. The summed E-state index contributed by atoms with van der Waals surface area (Å²) in [5, 5.41) is 3.00. The topological polar surface area (TPSA) is 87.3 Å². The number of hydrogen-bond acceptors (Lipinski definition) is 4. The first kappa shape index (κ1) is 21.2. The highest BCUT2D eigenvalue weighted by Gasteiger charge is 2.43. The number of carbonyl (C=O) groups excluding carboxylic acids is 1. The molecule has 7 nitrogen and oxygen atoms in total. The number of ether oxygens (including phenoxy) is 1. The zero-order valence-electron chi connectivity index (χ0n) is 18.2. The van der Waals surface area contributed by atoms with Gasteiger partial charge in [-0.1, -0.05) is 11.6 Å². The first-order chi connectivity index (χ1) is 16.5. The highest BCUT2D eigenvalue weighted by Crippen LogP contribution is 2.43. The van der Waals surface area contributed by atoms with Gasteiger partial charge in [-0.3, -0.25) is 4.79 Å². The predicted molar refractivity (Wildman–Crippen MR) is 126 cm³/mol. The van der Waals surface area contributed by atoms with Crippen molar-refractivity contribution in [1.29, 1.82) is 0 Å². The van der Waals surface area contributed by atoms with E-state index < -0.39 is 5.82 Å². The maximum absolute atomic E-state index is 15.0. The number of aromatic nitrogens is 2. The molecule has 0 spiro atoms. The molecule has 2 amide bonds. The Hall–Kier alpha value is -3.39. The van der Waals surface area contributed by atoms with Gasteiger partial charge >= 0.3 is 6.03 Å². The molecule has 9 heteroatoms. The molecule has 2 aromatic heterocycles. The summed E-state index contributed by atoms with van der Waals surface area (Å²) in [6, 6.07) is 7.32. The van der Waals surface area contributed by atoms with Gasteiger partial charge in [-0.15, -0.1) is 0 Å². The van der Waals surface area contributed by atoms with Crippen molar-refractivity contribution in [3.63, 3.8) is 0 Å². The average Bonchev–Trinajstić information content (AvgIpc) is 3.57. The molecule has 0 radical (unpaired) electrons. The molecule has 1 saturated heterocycles. The highest BCUT2D eigenvalue weighted by atomic mass is 35.5. The molecule has 2 N–H and O–H groups in total. The third-order valence-electron chi connectivity index (χ3n) is 6.76. The second-order valence-corrected chi connectivity index (χ2v) is 9.49. The van der Waals surface area contributed by atoms with Crippen LogP contribution in [-0.4, -0.2) is 33.0 Å². The van der Waals surface area contributed by atoms with E-state index in [0.29, 0.717) is 28.5 Å². The van der Waals surface area contributed by atoms with Crippen LogP contribution in [0.1, 0.15) is 42.9 Å². The van der Waals surface area contributed by atoms with Crippen LogP contribution in [0.25, 0.3) is 11.1 Å². The van der Waals surface area contributed by atoms with Gasteiger partial charge in [0.2, 0.25) is 11.4 Å². The molecule has 2 aliphatic heterocycles. The molecule has 4 heterocycles. The van der Waals surface area contributed by atoms with Gasteiger partial charge < -0.3 is 19.9 Å². The minimum atomic E-state index is -0.583. The van der Waals surface area contributed by atoms with Crippen molar-refractivity contribution in [3.8, 4) is 17.0 Å². The lowest BCUT2D eigenvalue weighted by Crippen LogP contribution is -2.44. The lowest BCUT2D eigenvalue weighted by atomic mass is 9.95. The quantitative estimate of drug-likeness (QED) is 0.546. The summed E-state index contributed by atoms with van der Waals surface area (Å²) in [7, 11) is 0. The summed E-state index contributed by atoms with van der Waals surface area (Å²) in [5.41, 5.74) is 2.93. The molecule has 1 aromatic carbocycles. The normalized spacial score (nSPS) is 20.7. The highest BCUT2D eigenvalue weighted by molar-refractivity contribution is 6.33. The molecule has 3 aromatic rings. The number of aromatic amines is 1. The first-order valence-electron chi connectivity index (χ1n) is 11.4. The number of benzene rings is 1. The molecular weight excluding hydrogens is 459 g/mol. The van der Waals surface area contributed by atoms with Crippen molar-refractivity contribution < 1.29 is 13.9 Å². The molecule has 6 rings (SSSR count). The monoisotopic (exact) mass is 480 g/mol. The lowest BCUT2D eigenvalue weighted by Gasteiger charge is -2.36. The number of pyridine rings is 2. The van der Waals surface area contributed by atoms with Gasteiger partial charge in [0, 0.05) is 41.7 Å². The number of H-pyrrole nitrogens is 1. The lowest BCUT2D eigenvalue weighted by molar-refractivity contribution is 0.179. The number of anilines is 1. The zero-order valence-corrected chi connectivity index (χ0v) is 18.9. The summed E-state index contributed by atoms with van der Waals surface area (Å²) >= 11 is 6.47. The summed E-state index contributed by atoms with van der Waals surface area (Å²) < 4.78 is 20.7. The van der Waals surface area contributed by atoms with Crippen LogP contribution >= 0.6 is 11.6 Å². The largest absolute Gasteiger partial charge is 0.474 e. The van der Waals surface area contributed by atoms with Crippen molar-refractivity contribution in [1.82, 2.24) is 14.9 Å². The molecule has 2 bridgehead atoms. The van der Waals surface area contributed by atoms with Crippen LogP contribution in [0.2, 0.25) is 5.02 Å². The first-order valence-corrected chi connectivity index (χ1v) is 11.8. The SMILES string of the molecule is O=C(Nc1cc(Cl)c(-c2ccc(OC3CC3)nc2)cc1F)N1[C@H]2CC[C@@H]1c1c[nH]c(=O)cc1C2. The van der Waals surface area contributed by atoms with E-state index in [0.717, 1.165) is 36.8 Å². The van der Waals surface area contributed by atoms with Gasteiger partial charge in [0.1, 0.15) is 11.9 Å². The summed E-state index contributed by atoms with van der Waals surface area (Å²) in [4.78, 5) is 33.6. The molecule has 0 unspecified atom stereocenters. The van der Waals surface area contributed by atoms with E-state index in [1.165, 1.54) is 12.1 Å². The molecule has 2 atom stereocenters. The Balaban J connectivity index is 1.22. The van der Waals surface area contributed by atoms with E-state index in [9.17, 15) is 9.59 Å². The van der Waals surface area contributed by atoms with Crippen molar-refractivity contribution >= 4 is 23.3 Å². The average molecular weight is 481 g/mol. The van der Waals surface area contributed by atoms with Crippen LogP contribution in [0.15, 0.2) is 47.5 Å². The molecule has 2 fully saturated rings. The van der Waals surface area contributed by atoms with E-state index in [1.54, 1.807) is 35.5 Å². The number of halogens is 2. The maximum atomic E-state index is 15.0. The van der Waals surface area contributed by atoms with Crippen molar-refractivity contribution in [3.05, 3.63) is 75.0 Å². The number of rotatable bonds is 4. The summed E-state index contributed by atoms with van der Waals surface area (Å²) in [5.74, 6) is -0.0475. The van der Waals surface area contributed by atoms with E-state index in [4.69, 9.17) is 16.3 Å². The van der Waals surface area contributed by atoms with Crippen LogP contribution in [0, 0.1) is 5.82 Å². The van der Waals surface area contributed by atoms with Crippen molar-refractivity contribution in [2.75, 3.05) is 5.32 Å². The van der Waals surface area contributed by atoms with E-state index in [2.05, 4.69) is 15.3 Å². The fourth-order valence-corrected chi connectivity index (χ4v) is 5.24. The van der Waals surface area contributed by atoms with Gasteiger partial charge in [0.15, 0.2) is 0 Å². The van der Waals surface area contributed by atoms with Gasteiger partial charge in [0.05, 0.1) is 16.8 Å². The Bertz CT molecular complexity index is 1340. The van der Waals surface area contributed by atoms with Crippen LogP contribution in [-0.2, 0) is 6.42 Å². The Morgan fingerprint density at radius 1 is 1.21 bits per heavy atom. The van der Waals surface area contributed by atoms with Gasteiger partial charge in [-0.25, -0.2) is 14.2 Å². The second kappa shape index (κ2) is 8.13. The smallest absolute Gasteiger partial charge is 0.322 e. The van der Waals surface area contributed by atoms with Gasteiger partial charge in [0.25, 0.3) is 0 Å². The minimum absolute atomic E-state index is 0.0204. The van der Waals surface area contributed by atoms with Crippen LogP contribution in [0.3, 0.4) is 0 Å². The molecule has 3 aliphatic rings. The number of nitrogens with one attached hydrogen (secondary N) is 2. The Morgan fingerprint density at radius 3 is 2.82 bits per heavy atom. The number of urea groups is 1. The number of fused-ring (bicyclic) bond motifs is 4. The number of carbonyl (C=O) groups is 1. The van der Waals surface area contributed by atoms with Crippen LogP contribution in [0.4, 0.5) is 14.9 Å². The van der Waals surface area contributed by atoms with Crippen molar-refractivity contribution in [2.45, 2.75) is 50.3 Å². The molecule has 1 saturated carbocycles. The summed E-state index contributed by atoms with van der Waals surface area (Å²) in [6.07, 6.45) is 7.85. The third-order valence-corrected chi connectivity index (χ3v) is 7.07. The molecule has 34 heavy (non-hydrogen) atoms. The van der Waals surface area contributed by atoms with Crippen LogP contribution in [0.5, 0.6) is 5.88 Å². The molecular formula is C25H22ClFN4O3. The maximum Gasteiger partial charge on any atom is 0.322 e. The van der Waals surface area contributed by atoms with Crippen LogP contribution < -0.4 is 15.6 Å². The Labute approximate surface area is 199 Å². The van der Waals surface area contributed by atoms with Crippen molar-refractivity contribution in [2.24, 2.45) is 0 Å². The van der Waals surface area contributed by atoms with E-state index >= 15 is 4.39 Å². The fraction of sp³-hybridized carbons (Fsp3) is 0.320. The number of amides is 2. The Kier molecular flexibility index (Phi) is 5.06. The molecule has 174 valence electrons. The van der Waals surface area contributed by atoms with Gasteiger partial charge in [-0.05, 0) is 61.4 Å². The number of hydrogen-bond donors (Lipinski definition) is 2. The standard InChI is InChI=1S/C25H22ClFN4O3/c26-19-10-21(20(27)9-17(19)13-1-6-24(29-11-13)34-16-3-4-16)30-25(33)31-15-2-5-22(31)18-12-28-23(32)8-14(18)7-15/h1,6,8-12,15-16,22H,2-5,7H2,(H,28,32)(H,30,33)/t15-,22+/m0/s1. The number of nitrogens with zero attached hydrogens (tertiary/aromatic N) is 2. The van der Waals surface area contributed by atoms with Gasteiger partial charge in [-0.2, -0.15) is 0 Å². The minimum Gasteiger partial charge on any atom is -0.474 e. The molecule has 1 aliphatic carbocycles. The third kappa shape index (κ3) is 3.81. The van der Waals surface area contributed by atoms with E-state index in [1.807, 2.05) is 0 Å².